The highest BCUT2D eigenvalue weighted by atomic mass is 15.3. The second-order valence-corrected chi connectivity index (χ2v) is 7.58. The Kier molecular flexibility index (Phi) is 6.38. The molecule has 3 N–H and O–H groups in total. The summed E-state index contributed by atoms with van der Waals surface area (Å²) in [6.07, 6.45) is 0.870. The molecule has 1 heterocycles. The van der Waals surface area contributed by atoms with Gasteiger partial charge >= 0.3 is 0 Å². The number of hydrogen-bond donors (Lipinski definition) is 3. The molecule has 0 bridgehead atoms. The highest BCUT2D eigenvalue weighted by molar-refractivity contribution is 5.59. The van der Waals surface area contributed by atoms with Gasteiger partial charge in [0.1, 0.15) is 0 Å². The number of aromatic nitrogens is 3. The molecule has 6 heteroatoms. The van der Waals surface area contributed by atoms with E-state index in [4.69, 9.17) is 0 Å². The zero-order chi connectivity index (χ0) is 21.5. The number of para-hydroxylation sites is 1. The zero-order valence-electron chi connectivity index (χ0n) is 17.7. The Morgan fingerprint density at radius 1 is 0.613 bits per heavy atom. The maximum absolute atomic E-state index is 4.56. The first kappa shape index (κ1) is 20.3. The van der Waals surface area contributed by atoms with Crippen LogP contribution in [0.2, 0.25) is 0 Å². The summed E-state index contributed by atoms with van der Waals surface area (Å²) in [5.74, 6) is 1.48. The van der Waals surface area contributed by atoms with Crippen molar-refractivity contribution in [1.82, 2.24) is 15.0 Å². The molecule has 3 aromatic carbocycles. The maximum atomic E-state index is 4.56. The van der Waals surface area contributed by atoms with Gasteiger partial charge in [-0.3, -0.25) is 0 Å². The van der Waals surface area contributed by atoms with Gasteiger partial charge in [-0.1, -0.05) is 60.7 Å². The van der Waals surface area contributed by atoms with Gasteiger partial charge in [0, 0.05) is 17.4 Å². The Hall–Kier alpha value is -3.93. The van der Waals surface area contributed by atoms with E-state index in [2.05, 4.69) is 67.3 Å². The van der Waals surface area contributed by atoms with Crippen LogP contribution in [0.25, 0.3) is 0 Å². The molecule has 1 aromatic heterocycles. The highest BCUT2D eigenvalue weighted by Crippen LogP contribution is 2.20. The van der Waals surface area contributed by atoms with Crippen LogP contribution in [0.4, 0.5) is 29.2 Å². The van der Waals surface area contributed by atoms with Gasteiger partial charge in [-0.2, -0.15) is 15.0 Å². The number of rotatable bonds is 8. The fourth-order valence-corrected chi connectivity index (χ4v) is 3.18. The molecular formula is C25H26N6. The standard InChI is InChI=1S/C25H26N6/c1-18(2)26-23-29-24(27-21-13-7-4-8-14-21)31-25(30-23)28-22-15-9-12-20(17-22)16-19-10-5-3-6-11-19/h3-15,17-18H,16H2,1-2H3,(H3,26,27,28,29,30,31). The van der Waals surface area contributed by atoms with Crippen molar-refractivity contribution in [1.29, 1.82) is 0 Å². The first-order chi connectivity index (χ1) is 15.1. The maximum Gasteiger partial charge on any atom is 0.233 e. The number of anilines is 5. The lowest BCUT2D eigenvalue weighted by atomic mass is 10.0. The van der Waals surface area contributed by atoms with Crippen LogP contribution in [0.5, 0.6) is 0 Å². The third-order valence-corrected chi connectivity index (χ3v) is 4.52. The van der Waals surface area contributed by atoms with Crippen molar-refractivity contribution >= 4 is 29.2 Å². The third-order valence-electron chi connectivity index (χ3n) is 4.52. The molecule has 0 aliphatic carbocycles. The third kappa shape index (κ3) is 6.02. The van der Waals surface area contributed by atoms with Gasteiger partial charge in [-0.05, 0) is 55.7 Å². The van der Waals surface area contributed by atoms with Crippen LogP contribution in [0.15, 0.2) is 84.9 Å². The summed E-state index contributed by atoms with van der Waals surface area (Å²) in [6, 6.07) is 28.8. The fraction of sp³-hybridized carbons (Fsp3) is 0.160. The summed E-state index contributed by atoms with van der Waals surface area (Å²) in [6.45, 7) is 4.10. The predicted molar refractivity (Wildman–Crippen MR) is 127 cm³/mol. The predicted octanol–water partition coefficient (Wildman–Crippen LogP) is 5.77. The van der Waals surface area contributed by atoms with Gasteiger partial charge in [0.05, 0.1) is 0 Å². The van der Waals surface area contributed by atoms with Crippen LogP contribution in [-0.4, -0.2) is 21.0 Å². The second kappa shape index (κ2) is 9.71. The van der Waals surface area contributed by atoms with Gasteiger partial charge in [0.2, 0.25) is 17.8 Å². The van der Waals surface area contributed by atoms with Crippen molar-refractivity contribution in [2.45, 2.75) is 26.3 Å². The molecule has 0 atom stereocenters. The summed E-state index contributed by atoms with van der Waals surface area (Å²) in [7, 11) is 0. The molecule has 6 nitrogen and oxygen atoms in total. The molecule has 4 rings (SSSR count). The van der Waals surface area contributed by atoms with Crippen LogP contribution in [0.1, 0.15) is 25.0 Å². The summed E-state index contributed by atoms with van der Waals surface area (Å²) in [5, 5.41) is 9.83. The smallest absolute Gasteiger partial charge is 0.233 e. The van der Waals surface area contributed by atoms with Crippen molar-refractivity contribution in [2.75, 3.05) is 16.0 Å². The van der Waals surface area contributed by atoms with E-state index >= 15 is 0 Å². The molecule has 31 heavy (non-hydrogen) atoms. The fourth-order valence-electron chi connectivity index (χ4n) is 3.18. The van der Waals surface area contributed by atoms with E-state index in [-0.39, 0.29) is 6.04 Å². The molecule has 0 saturated carbocycles. The average Bonchev–Trinajstić information content (AvgIpc) is 2.75. The van der Waals surface area contributed by atoms with Crippen LogP contribution < -0.4 is 16.0 Å². The Balaban J connectivity index is 1.56. The van der Waals surface area contributed by atoms with Gasteiger partial charge in [0.15, 0.2) is 0 Å². The van der Waals surface area contributed by atoms with Gasteiger partial charge in [-0.25, -0.2) is 0 Å². The van der Waals surface area contributed by atoms with Gasteiger partial charge < -0.3 is 16.0 Å². The van der Waals surface area contributed by atoms with Gasteiger partial charge in [0.25, 0.3) is 0 Å². The summed E-state index contributed by atoms with van der Waals surface area (Å²) < 4.78 is 0. The van der Waals surface area contributed by atoms with Crippen molar-refractivity contribution < 1.29 is 0 Å². The molecule has 4 aromatic rings. The topological polar surface area (TPSA) is 74.8 Å². The van der Waals surface area contributed by atoms with Crippen molar-refractivity contribution in [2.24, 2.45) is 0 Å². The monoisotopic (exact) mass is 410 g/mol. The van der Waals surface area contributed by atoms with Gasteiger partial charge in [-0.15, -0.1) is 0 Å². The molecule has 0 aliphatic rings. The van der Waals surface area contributed by atoms with Crippen LogP contribution in [-0.2, 0) is 6.42 Å². The largest absolute Gasteiger partial charge is 0.352 e. The van der Waals surface area contributed by atoms with E-state index in [1.807, 2.05) is 62.4 Å². The molecule has 0 amide bonds. The van der Waals surface area contributed by atoms with Crippen LogP contribution >= 0.6 is 0 Å². The minimum Gasteiger partial charge on any atom is -0.352 e. The highest BCUT2D eigenvalue weighted by Gasteiger charge is 2.09. The minimum absolute atomic E-state index is 0.203. The van der Waals surface area contributed by atoms with Crippen LogP contribution in [0, 0.1) is 0 Å². The molecule has 0 radical (unpaired) electrons. The summed E-state index contributed by atoms with van der Waals surface area (Å²) in [4.78, 5) is 13.6. The summed E-state index contributed by atoms with van der Waals surface area (Å²) in [5.41, 5.74) is 4.34. The normalized spacial score (nSPS) is 10.7. The zero-order valence-corrected chi connectivity index (χ0v) is 17.7. The van der Waals surface area contributed by atoms with Crippen molar-refractivity contribution in [3.8, 4) is 0 Å². The lowest BCUT2D eigenvalue weighted by molar-refractivity contribution is 0.869. The number of benzene rings is 3. The SMILES string of the molecule is CC(C)Nc1nc(Nc2ccccc2)nc(Nc2cccc(Cc3ccccc3)c2)n1. The van der Waals surface area contributed by atoms with E-state index in [1.54, 1.807) is 0 Å². The lowest BCUT2D eigenvalue weighted by Crippen LogP contribution is -2.15. The molecule has 0 saturated heterocycles. The quantitative estimate of drug-likeness (QED) is 0.342. The average molecular weight is 411 g/mol. The second-order valence-electron chi connectivity index (χ2n) is 7.58. The minimum atomic E-state index is 0.203. The Morgan fingerprint density at radius 3 is 1.84 bits per heavy atom. The van der Waals surface area contributed by atoms with Crippen molar-refractivity contribution in [3.63, 3.8) is 0 Å². The molecule has 0 fully saturated rings. The first-order valence-corrected chi connectivity index (χ1v) is 10.4. The molecule has 0 aliphatic heterocycles. The Labute approximate surface area is 182 Å². The Bertz CT molecular complexity index is 1110. The van der Waals surface area contributed by atoms with Crippen molar-refractivity contribution in [3.05, 3.63) is 96.1 Å². The van der Waals surface area contributed by atoms with E-state index < -0.39 is 0 Å². The molecule has 0 unspecified atom stereocenters. The number of nitrogens with one attached hydrogen (secondary N) is 3. The van der Waals surface area contributed by atoms with E-state index in [0.29, 0.717) is 17.8 Å². The summed E-state index contributed by atoms with van der Waals surface area (Å²) >= 11 is 0. The van der Waals surface area contributed by atoms with E-state index in [0.717, 1.165) is 17.8 Å². The molecule has 156 valence electrons. The molecular weight excluding hydrogens is 384 g/mol. The number of hydrogen-bond acceptors (Lipinski definition) is 6. The van der Waals surface area contributed by atoms with E-state index in [9.17, 15) is 0 Å². The lowest BCUT2D eigenvalue weighted by Gasteiger charge is -2.13. The molecule has 0 spiro atoms. The Morgan fingerprint density at radius 2 is 1.16 bits per heavy atom. The van der Waals surface area contributed by atoms with E-state index in [1.165, 1.54) is 11.1 Å². The first-order valence-electron chi connectivity index (χ1n) is 10.4. The number of nitrogens with zero attached hydrogens (tertiary/aromatic N) is 3. The van der Waals surface area contributed by atoms with Crippen LogP contribution in [0.3, 0.4) is 0 Å².